The lowest BCUT2D eigenvalue weighted by Gasteiger charge is -2.08. The Labute approximate surface area is 109 Å². The van der Waals surface area contributed by atoms with E-state index < -0.39 is 10.0 Å². The summed E-state index contributed by atoms with van der Waals surface area (Å²) in [5, 5.41) is 3.77. The van der Waals surface area contributed by atoms with Crippen molar-refractivity contribution in [1.29, 1.82) is 0 Å². The number of nitrogens with one attached hydrogen (secondary N) is 1. The SMILES string of the molecule is Cn1ncc(Cl)c1S(=O)(=O)Nc1ccc(N)cc1. The summed E-state index contributed by atoms with van der Waals surface area (Å²) in [4.78, 5) is 0. The highest BCUT2D eigenvalue weighted by atomic mass is 35.5. The molecule has 0 bridgehead atoms. The Hall–Kier alpha value is -1.73. The van der Waals surface area contributed by atoms with Crippen LogP contribution in [0.3, 0.4) is 0 Å². The molecule has 0 spiro atoms. The van der Waals surface area contributed by atoms with Gasteiger partial charge in [-0.15, -0.1) is 0 Å². The third-order valence-corrected chi connectivity index (χ3v) is 4.15. The van der Waals surface area contributed by atoms with Crippen LogP contribution < -0.4 is 10.5 Å². The first-order valence-electron chi connectivity index (χ1n) is 4.96. The second-order valence-electron chi connectivity index (χ2n) is 3.65. The number of aromatic nitrogens is 2. The van der Waals surface area contributed by atoms with Gasteiger partial charge in [-0.25, -0.2) is 0 Å². The molecule has 0 fully saturated rings. The molecule has 8 heteroatoms. The van der Waals surface area contributed by atoms with E-state index in [1.807, 2.05) is 0 Å². The molecule has 3 N–H and O–H groups in total. The van der Waals surface area contributed by atoms with E-state index in [0.29, 0.717) is 11.4 Å². The van der Waals surface area contributed by atoms with Crippen LogP contribution in [-0.2, 0) is 17.1 Å². The molecule has 0 aliphatic carbocycles. The van der Waals surface area contributed by atoms with E-state index in [2.05, 4.69) is 9.82 Å². The lowest BCUT2D eigenvalue weighted by molar-refractivity contribution is 0.582. The zero-order chi connectivity index (χ0) is 13.3. The van der Waals surface area contributed by atoms with E-state index in [1.165, 1.54) is 17.9 Å². The minimum atomic E-state index is -3.77. The Bertz CT molecular complexity index is 644. The first kappa shape index (κ1) is 12.7. The van der Waals surface area contributed by atoms with Gasteiger partial charge in [0.05, 0.1) is 11.2 Å². The molecular formula is C10H11ClN4O2S. The maximum atomic E-state index is 12.1. The van der Waals surface area contributed by atoms with Crippen LogP contribution in [0.25, 0.3) is 0 Å². The number of halogens is 1. The molecule has 96 valence electrons. The Balaban J connectivity index is 2.36. The fraction of sp³-hybridized carbons (Fsp3) is 0.100. The number of sulfonamides is 1. The standard InChI is InChI=1S/C10H11ClN4O2S/c1-15-10(9(11)6-13-15)18(16,17)14-8-4-2-7(12)3-5-8/h2-6,14H,12H2,1H3. The van der Waals surface area contributed by atoms with E-state index in [-0.39, 0.29) is 10.0 Å². The number of hydrogen-bond donors (Lipinski definition) is 2. The molecule has 0 atom stereocenters. The van der Waals surface area contributed by atoms with Gasteiger partial charge in [-0.1, -0.05) is 11.6 Å². The normalized spacial score (nSPS) is 11.4. The van der Waals surface area contributed by atoms with Gasteiger partial charge in [0, 0.05) is 18.4 Å². The maximum Gasteiger partial charge on any atom is 0.280 e. The highest BCUT2D eigenvalue weighted by Crippen LogP contribution is 2.23. The van der Waals surface area contributed by atoms with E-state index in [0.717, 1.165) is 0 Å². The lowest BCUT2D eigenvalue weighted by atomic mass is 10.3. The van der Waals surface area contributed by atoms with Crippen molar-refractivity contribution in [1.82, 2.24) is 9.78 Å². The molecule has 0 saturated heterocycles. The molecule has 2 aromatic rings. The van der Waals surface area contributed by atoms with Crippen LogP contribution >= 0.6 is 11.6 Å². The van der Waals surface area contributed by atoms with Gasteiger partial charge >= 0.3 is 0 Å². The molecule has 0 aliphatic heterocycles. The molecule has 6 nitrogen and oxygen atoms in total. The van der Waals surface area contributed by atoms with Crippen LogP contribution in [0.15, 0.2) is 35.5 Å². The van der Waals surface area contributed by atoms with Gasteiger partial charge in [-0.3, -0.25) is 9.40 Å². The number of rotatable bonds is 3. The first-order chi connectivity index (χ1) is 8.40. The Morgan fingerprint density at radius 3 is 2.44 bits per heavy atom. The third-order valence-electron chi connectivity index (χ3n) is 2.26. The Morgan fingerprint density at radius 1 is 1.33 bits per heavy atom. The average molecular weight is 287 g/mol. The van der Waals surface area contributed by atoms with Crippen molar-refractivity contribution in [3.05, 3.63) is 35.5 Å². The summed E-state index contributed by atoms with van der Waals surface area (Å²) in [6.07, 6.45) is 1.28. The van der Waals surface area contributed by atoms with Gasteiger partial charge in [0.2, 0.25) is 0 Å². The monoisotopic (exact) mass is 286 g/mol. The van der Waals surface area contributed by atoms with E-state index in [4.69, 9.17) is 17.3 Å². The predicted molar refractivity (Wildman–Crippen MR) is 69.9 cm³/mol. The van der Waals surface area contributed by atoms with Crippen LogP contribution in [-0.4, -0.2) is 18.2 Å². The summed E-state index contributed by atoms with van der Waals surface area (Å²) in [5.41, 5.74) is 6.48. The quantitative estimate of drug-likeness (QED) is 0.836. The minimum absolute atomic E-state index is 0.0699. The van der Waals surface area contributed by atoms with Gasteiger partial charge in [0.25, 0.3) is 10.0 Å². The topological polar surface area (TPSA) is 90.0 Å². The Kier molecular flexibility index (Phi) is 3.18. The summed E-state index contributed by atoms with van der Waals surface area (Å²) in [5.74, 6) is 0. The highest BCUT2D eigenvalue weighted by Gasteiger charge is 2.22. The van der Waals surface area contributed by atoms with Crippen LogP contribution in [0.5, 0.6) is 0 Å². The van der Waals surface area contributed by atoms with Crippen LogP contribution in [0.1, 0.15) is 0 Å². The van der Waals surface area contributed by atoms with Crippen LogP contribution in [0, 0.1) is 0 Å². The summed E-state index contributed by atoms with van der Waals surface area (Å²) in [6, 6.07) is 6.33. The Morgan fingerprint density at radius 2 is 1.94 bits per heavy atom. The second-order valence-corrected chi connectivity index (χ2v) is 5.65. The summed E-state index contributed by atoms with van der Waals surface area (Å²) >= 11 is 5.80. The van der Waals surface area contributed by atoms with Crippen molar-refractivity contribution in [3.8, 4) is 0 Å². The number of nitrogens with zero attached hydrogens (tertiary/aromatic N) is 2. The first-order valence-corrected chi connectivity index (χ1v) is 6.82. The fourth-order valence-electron chi connectivity index (χ4n) is 1.46. The zero-order valence-corrected chi connectivity index (χ0v) is 11.0. The largest absolute Gasteiger partial charge is 0.399 e. The molecule has 1 heterocycles. The van der Waals surface area contributed by atoms with Crippen LogP contribution in [0.2, 0.25) is 5.02 Å². The molecule has 2 rings (SSSR count). The molecule has 18 heavy (non-hydrogen) atoms. The van der Waals surface area contributed by atoms with Crippen molar-refractivity contribution >= 4 is 33.0 Å². The van der Waals surface area contributed by atoms with Gasteiger partial charge in [-0.05, 0) is 24.3 Å². The number of anilines is 2. The lowest BCUT2D eigenvalue weighted by Crippen LogP contribution is -2.17. The van der Waals surface area contributed by atoms with E-state index in [1.54, 1.807) is 24.3 Å². The molecule has 0 aliphatic rings. The molecule has 0 radical (unpaired) electrons. The molecule has 0 amide bonds. The zero-order valence-electron chi connectivity index (χ0n) is 9.46. The van der Waals surface area contributed by atoms with Gasteiger partial charge in [-0.2, -0.15) is 13.5 Å². The predicted octanol–water partition coefficient (Wildman–Crippen LogP) is 1.46. The van der Waals surface area contributed by atoms with E-state index in [9.17, 15) is 8.42 Å². The molecule has 0 unspecified atom stereocenters. The van der Waals surface area contributed by atoms with Crippen molar-refractivity contribution in [2.24, 2.45) is 7.05 Å². The molecular weight excluding hydrogens is 276 g/mol. The van der Waals surface area contributed by atoms with Crippen molar-refractivity contribution < 1.29 is 8.42 Å². The minimum Gasteiger partial charge on any atom is -0.399 e. The van der Waals surface area contributed by atoms with Gasteiger partial charge in [0.15, 0.2) is 5.03 Å². The number of nitrogen functional groups attached to an aromatic ring is 1. The van der Waals surface area contributed by atoms with Gasteiger partial charge in [0.1, 0.15) is 0 Å². The number of aryl methyl sites for hydroxylation is 1. The van der Waals surface area contributed by atoms with Crippen LogP contribution in [0.4, 0.5) is 11.4 Å². The summed E-state index contributed by atoms with van der Waals surface area (Å²) in [6.45, 7) is 0. The fourth-order valence-corrected chi connectivity index (χ4v) is 3.17. The highest BCUT2D eigenvalue weighted by molar-refractivity contribution is 7.92. The number of benzene rings is 1. The molecule has 1 aromatic heterocycles. The summed E-state index contributed by atoms with van der Waals surface area (Å²) < 4.78 is 27.8. The molecule has 0 saturated carbocycles. The number of hydrogen-bond acceptors (Lipinski definition) is 4. The number of nitrogens with two attached hydrogens (primary N) is 1. The molecule has 1 aromatic carbocycles. The second kappa shape index (κ2) is 4.51. The van der Waals surface area contributed by atoms with Crippen molar-refractivity contribution in [3.63, 3.8) is 0 Å². The van der Waals surface area contributed by atoms with Crippen molar-refractivity contribution in [2.75, 3.05) is 10.5 Å². The summed E-state index contributed by atoms with van der Waals surface area (Å²) in [7, 11) is -2.26. The van der Waals surface area contributed by atoms with Gasteiger partial charge < -0.3 is 5.73 Å². The van der Waals surface area contributed by atoms with Crippen molar-refractivity contribution in [2.45, 2.75) is 5.03 Å². The third kappa shape index (κ3) is 2.41. The maximum absolute atomic E-state index is 12.1. The smallest absolute Gasteiger partial charge is 0.280 e. The van der Waals surface area contributed by atoms with E-state index >= 15 is 0 Å². The average Bonchev–Trinajstić information content (AvgIpc) is 2.62.